The van der Waals surface area contributed by atoms with Gasteiger partial charge in [-0.25, -0.2) is 0 Å². The van der Waals surface area contributed by atoms with Crippen molar-refractivity contribution in [3.8, 4) is 12.1 Å². The van der Waals surface area contributed by atoms with Crippen LogP contribution in [0.3, 0.4) is 0 Å². The zero-order chi connectivity index (χ0) is 21.4. The minimum atomic E-state index is -0.502. The summed E-state index contributed by atoms with van der Waals surface area (Å²) >= 11 is 0. The van der Waals surface area contributed by atoms with Crippen molar-refractivity contribution in [1.82, 2.24) is 15.1 Å². The summed E-state index contributed by atoms with van der Waals surface area (Å²) in [6.07, 6.45) is 0. The summed E-state index contributed by atoms with van der Waals surface area (Å²) in [6.45, 7) is 3.62. The van der Waals surface area contributed by atoms with Crippen molar-refractivity contribution in [3.05, 3.63) is 82.2 Å². The van der Waals surface area contributed by atoms with Gasteiger partial charge in [0, 0.05) is 22.3 Å². The first-order valence-corrected chi connectivity index (χ1v) is 9.33. The number of anilines is 1. The van der Waals surface area contributed by atoms with E-state index in [2.05, 4.69) is 22.6 Å². The topological polar surface area (TPSA) is 121 Å². The Labute approximate surface area is 173 Å². The molecule has 0 radical (unpaired) electrons. The van der Waals surface area contributed by atoms with Gasteiger partial charge in [0.2, 0.25) is 0 Å². The molecule has 2 aromatic carbocycles. The predicted molar refractivity (Wildman–Crippen MR) is 113 cm³/mol. The van der Waals surface area contributed by atoms with Gasteiger partial charge in [-0.2, -0.15) is 15.2 Å². The molecule has 0 bridgehead atoms. The fraction of sp³-hybridized carbons (Fsp3) is 0.130. The van der Waals surface area contributed by atoms with Crippen LogP contribution in [0.2, 0.25) is 0 Å². The second-order valence-corrected chi connectivity index (χ2v) is 7.10. The Kier molecular flexibility index (Phi) is 4.57. The second kappa shape index (κ2) is 7.23. The molecule has 0 amide bonds. The monoisotopic (exact) mass is 394 g/mol. The van der Waals surface area contributed by atoms with Gasteiger partial charge in [-0.3, -0.25) is 4.79 Å². The van der Waals surface area contributed by atoms with Crippen molar-refractivity contribution >= 4 is 22.6 Å². The Bertz CT molecular complexity index is 1300. The average Bonchev–Trinajstić information content (AvgIpc) is 3.09. The fourth-order valence-corrected chi connectivity index (χ4v) is 3.82. The molecule has 2 heterocycles. The average molecular weight is 394 g/mol. The van der Waals surface area contributed by atoms with Gasteiger partial charge in [-0.15, -0.1) is 5.10 Å². The molecule has 4 rings (SSSR count). The lowest BCUT2D eigenvalue weighted by molar-refractivity contribution is 0.0951. The van der Waals surface area contributed by atoms with Crippen LogP contribution in [0.5, 0.6) is 0 Å². The number of dihydropyridines is 1. The SMILES string of the molecule is CC1=C(C#N)C(c2ccc3c(c2)c(N)nn3C(=O)c2ccccc2)C(C#N)=C(C)N1. The first-order chi connectivity index (χ1) is 14.5. The first kappa shape index (κ1) is 19.0. The van der Waals surface area contributed by atoms with Crippen LogP contribution in [0.25, 0.3) is 10.9 Å². The Hall–Kier alpha value is -4.36. The number of nitrogens with one attached hydrogen (secondary N) is 1. The Morgan fingerprint density at radius 1 is 1.07 bits per heavy atom. The minimum Gasteiger partial charge on any atom is -0.382 e. The molecule has 0 atom stereocenters. The molecule has 0 fully saturated rings. The normalized spacial score (nSPS) is 14.4. The van der Waals surface area contributed by atoms with E-state index >= 15 is 0 Å². The van der Waals surface area contributed by atoms with Crippen molar-refractivity contribution in [2.75, 3.05) is 5.73 Å². The van der Waals surface area contributed by atoms with Crippen LogP contribution >= 0.6 is 0 Å². The van der Waals surface area contributed by atoms with E-state index in [1.165, 1.54) is 4.68 Å². The van der Waals surface area contributed by atoms with Crippen molar-refractivity contribution in [3.63, 3.8) is 0 Å². The van der Waals surface area contributed by atoms with Gasteiger partial charge in [0.1, 0.15) is 0 Å². The van der Waals surface area contributed by atoms with Gasteiger partial charge in [0.05, 0.1) is 34.7 Å². The van der Waals surface area contributed by atoms with E-state index in [1.807, 2.05) is 26.0 Å². The standard InChI is InChI=1S/C23H18N6O/c1-13-18(11-24)21(19(12-25)14(2)27-13)16-8-9-20-17(10-16)22(26)28-29(20)23(30)15-6-4-3-5-7-15/h3-10,21,27H,1-2H3,(H2,26,28). The van der Waals surface area contributed by atoms with Crippen molar-refractivity contribution < 1.29 is 4.79 Å². The number of nitrogen functional groups attached to an aromatic ring is 1. The largest absolute Gasteiger partial charge is 0.382 e. The molecule has 3 N–H and O–H groups in total. The van der Waals surface area contributed by atoms with Gasteiger partial charge in [-0.05, 0) is 43.7 Å². The summed E-state index contributed by atoms with van der Waals surface area (Å²) in [5.74, 6) is -0.574. The number of benzene rings is 2. The van der Waals surface area contributed by atoms with Gasteiger partial charge in [0.25, 0.3) is 5.91 Å². The predicted octanol–water partition coefficient (Wildman–Crippen LogP) is 3.59. The Balaban J connectivity index is 1.87. The lowest BCUT2D eigenvalue weighted by atomic mass is 9.81. The highest BCUT2D eigenvalue weighted by Crippen LogP contribution is 2.38. The van der Waals surface area contributed by atoms with E-state index < -0.39 is 5.92 Å². The highest BCUT2D eigenvalue weighted by molar-refractivity contribution is 6.03. The van der Waals surface area contributed by atoms with Gasteiger partial charge in [-0.1, -0.05) is 24.3 Å². The summed E-state index contributed by atoms with van der Waals surface area (Å²) in [4.78, 5) is 12.9. The molecule has 7 nitrogen and oxygen atoms in total. The van der Waals surface area contributed by atoms with Crippen molar-refractivity contribution in [2.45, 2.75) is 19.8 Å². The number of allylic oxidation sites excluding steroid dienone is 4. The van der Waals surface area contributed by atoms with E-state index in [9.17, 15) is 15.3 Å². The second-order valence-electron chi connectivity index (χ2n) is 7.10. The van der Waals surface area contributed by atoms with Gasteiger partial charge < -0.3 is 11.1 Å². The zero-order valence-corrected chi connectivity index (χ0v) is 16.5. The van der Waals surface area contributed by atoms with Crippen molar-refractivity contribution in [1.29, 1.82) is 10.5 Å². The van der Waals surface area contributed by atoms with E-state index in [-0.39, 0.29) is 11.7 Å². The number of carbonyl (C=O) groups is 1. The van der Waals surface area contributed by atoms with Crippen LogP contribution in [-0.2, 0) is 0 Å². The Morgan fingerprint density at radius 2 is 1.70 bits per heavy atom. The fourth-order valence-electron chi connectivity index (χ4n) is 3.82. The number of hydrogen-bond acceptors (Lipinski definition) is 6. The first-order valence-electron chi connectivity index (χ1n) is 9.33. The smallest absolute Gasteiger partial charge is 0.278 e. The van der Waals surface area contributed by atoms with E-state index in [1.54, 1.807) is 36.4 Å². The molecule has 0 saturated heterocycles. The van der Waals surface area contributed by atoms with Crippen LogP contribution in [0.1, 0.15) is 35.7 Å². The lowest BCUT2D eigenvalue weighted by Crippen LogP contribution is -2.23. The highest BCUT2D eigenvalue weighted by Gasteiger charge is 2.30. The molecule has 3 aromatic rings. The number of carbonyl (C=O) groups excluding carboxylic acids is 1. The van der Waals surface area contributed by atoms with Crippen LogP contribution < -0.4 is 11.1 Å². The summed E-state index contributed by atoms with van der Waals surface area (Å²) in [5.41, 5.74) is 10.3. The highest BCUT2D eigenvalue weighted by atomic mass is 16.2. The quantitative estimate of drug-likeness (QED) is 0.685. The third-order valence-corrected chi connectivity index (χ3v) is 5.28. The zero-order valence-electron chi connectivity index (χ0n) is 16.5. The number of rotatable bonds is 2. The molecule has 30 heavy (non-hydrogen) atoms. The molecule has 1 aliphatic heterocycles. The molecule has 0 unspecified atom stereocenters. The number of nitriles is 2. The van der Waals surface area contributed by atoms with Crippen molar-refractivity contribution in [2.24, 2.45) is 0 Å². The molecule has 0 saturated carbocycles. The molecule has 0 spiro atoms. The molecule has 7 heteroatoms. The number of nitrogens with zero attached hydrogens (tertiary/aromatic N) is 4. The molecular weight excluding hydrogens is 376 g/mol. The molecule has 1 aliphatic rings. The maximum Gasteiger partial charge on any atom is 0.278 e. The minimum absolute atomic E-state index is 0.212. The number of nitrogens with two attached hydrogens (primary N) is 1. The Morgan fingerprint density at radius 3 is 2.30 bits per heavy atom. The lowest BCUT2D eigenvalue weighted by Gasteiger charge is -2.26. The van der Waals surface area contributed by atoms with Gasteiger partial charge >= 0.3 is 0 Å². The number of fused-ring (bicyclic) bond motifs is 1. The maximum atomic E-state index is 12.9. The third kappa shape index (κ3) is 2.90. The third-order valence-electron chi connectivity index (χ3n) is 5.28. The van der Waals surface area contributed by atoms with Crippen LogP contribution in [0.4, 0.5) is 5.82 Å². The van der Waals surface area contributed by atoms with Gasteiger partial charge in [0.15, 0.2) is 5.82 Å². The maximum absolute atomic E-state index is 12.9. The summed E-state index contributed by atoms with van der Waals surface area (Å²) in [5, 5.41) is 27.3. The summed E-state index contributed by atoms with van der Waals surface area (Å²) < 4.78 is 1.28. The van der Waals surface area contributed by atoms with Crippen LogP contribution in [0.15, 0.2) is 71.1 Å². The molecular formula is C23H18N6O. The molecule has 1 aromatic heterocycles. The summed E-state index contributed by atoms with van der Waals surface area (Å²) in [6, 6.07) is 18.6. The van der Waals surface area contributed by atoms with E-state index in [0.29, 0.717) is 39.0 Å². The molecule has 0 aliphatic carbocycles. The van der Waals surface area contributed by atoms with E-state index in [4.69, 9.17) is 5.73 Å². The number of hydrogen-bond donors (Lipinski definition) is 2. The number of aromatic nitrogens is 2. The van der Waals surface area contributed by atoms with E-state index in [0.717, 1.165) is 5.56 Å². The van der Waals surface area contributed by atoms with Crippen LogP contribution in [0, 0.1) is 22.7 Å². The molecule has 146 valence electrons. The van der Waals surface area contributed by atoms with Crippen LogP contribution in [-0.4, -0.2) is 15.7 Å². The summed E-state index contributed by atoms with van der Waals surface area (Å²) in [7, 11) is 0.